The van der Waals surface area contributed by atoms with Crippen LogP contribution < -0.4 is 16.4 Å². The van der Waals surface area contributed by atoms with Gasteiger partial charge in [-0.25, -0.2) is 18.4 Å². The van der Waals surface area contributed by atoms with Gasteiger partial charge >= 0.3 is 12.0 Å². The molecule has 0 unspecified atom stereocenters. The molecule has 2 aromatic carbocycles. The fraction of sp³-hybridized carbons (Fsp3) is 0.346. The van der Waals surface area contributed by atoms with Gasteiger partial charge in [-0.1, -0.05) is 18.2 Å². The maximum Gasteiger partial charge on any atom is 0.337 e. The van der Waals surface area contributed by atoms with Crippen molar-refractivity contribution in [2.24, 2.45) is 10.7 Å². The summed E-state index contributed by atoms with van der Waals surface area (Å²) in [5, 5.41) is 5.60. The predicted octanol–water partition coefficient (Wildman–Crippen LogP) is 2.49. The molecule has 11 heteroatoms. The molecule has 0 radical (unpaired) electrons. The zero-order valence-corrected chi connectivity index (χ0v) is 21.0. The van der Waals surface area contributed by atoms with Crippen molar-refractivity contribution in [3.05, 3.63) is 76.9 Å². The Labute approximate surface area is 214 Å². The van der Waals surface area contributed by atoms with Crippen molar-refractivity contribution in [2.45, 2.75) is 12.0 Å². The minimum absolute atomic E-state index is 0.214. The number of amides is 2. The lowest BCUT2D eigenvalue weighted by Crippen LogP contribution is -2.47. The monoisotopic (exact) mass is 515 g/mol. The number of esters is 1. The Hall–Kier alpha value is -3.83. The van der Waals surface area contributed by atoms with Crippen molar-refractivity contribution in [1.29, 1.82) is 0 Å². The van der Waals surface area contributed by atoms with Crippen molar-refractivity contribution in [3.63, 3.8) is 0 Å². The third-order valence-electron chi connectivity index (χ3n) is 6.11. The number of nitrogens with two attached hydrogens (primary N) is 1. The second-order valence-corrected chi connectivity index (χ2v) is 8.51. The third kappa shape index (κ3) is 7.34. The summed E-state index contributed by atoms with van der Waals surface area (Å²) < 4.78 is 37.2. The maximum absolute atomic E-state index is 13.9. The zero-order chi connectivity index (χ0) is 26.9. The molecule has 198 valence electrons. The molecule has 2 atom stereocenters. The zero-order valence-electron chi connectivity index (χ0n) is 21.0. The van der Waals surface area contributed by atoms with Crippen molar-refractivity contribution in [2.75, 3.05) is 47.5 Å². The van der Waals surface area contributed by atoms with E-state index in [1.54, 1.807) is 31.4 Å². The molecule has 0 aromatic heterocycles. The lowest BCUT2D eigenvalue weighted by Gasteiger charge is -2.21. The first kappa shape index (κ1) is 27.8. The van der Waals surface area contributed by atoms with Crippen LogP contribution >= 0.6 is 0 Å². The van der Waals surface area contributed by atoms with Gasteiger partial charge in [0.25, 0.3) is 0 Å². The number of likely N-dealkylation sites (tertiary alicyclic amines) is 1. The van der Waals surface area contributed by atoms with Gasteiger partial charge < -0.3 is 20.5 Å². The summed E-state index contributed by atoms with van der Waals surface area (Å²) in [5.74, 6) is -2.36. The standard InChI is InChI=1S/C26H31F2N5O4/c1-30-24(13-22(29)16-4-6-17(7-5-16)25(34)37-3)32-26(35)31-23-15-33(10-11-36-2)14-19(23)18-8-9-20(27)21(28)12-18/h4-9,12-13,19,23H,10-11,14-15,29H2,1-3H3,(H2,30,31,32,35)/t19-,23+/m0/s1. The maximum atomic E-state index is 13.9. The van der Waals surface area contributed by atoms with Crippen molar-refractivity contribution in [1.82, 2.24) is 15.5 Å². The van der Waals surface area contributed by atoms with Gasteiger partial charge in [-0.05, 0) is 35.4 Å². The van der Waals surface area contributed by atoms with E-state index in [0.717, 1.165) is 6.07 Å². The molecule has 1 aliphatic rings. The molecule has 1 fully saturated rings. The van der Waals surface area contributed by atoms with Crippen molar-refractivity contribution < 1.29 is 27.8 Å². The van der Waals surface area contributed by atoms with Crippen LogP contribution in [0.15, 0.2) is 53.5 Å². The number of hydrogen-bond acceptors (Lipinski definition) is 7. The van der Waals surface area contributed by atoms with Crippen LogP contribution in [0.25, 0.3) is 5.70 Å². The molecule has 9 nitrogen and oxygen atoms in total. The number of aliphatic imine (C=N–C) groups is 1. The molecule has 0 aliphatic carbocycles. The molecule has 37 heavy (non-hydrogen) atoms. The van der Waals surface area contributed by atoms with Crippen LogP contribution in [0, 0.1) is 11.6 Å². The number of carbonyl (C=O) groups excluding carboxylic acids is 2. The summed E-state index contributed by atoms with van der Waals surface area (Å²) in [6.07, 6.45) is 1.50. The summed E-state index contributed by atoms with van der Waals surface area (Å²) in [5.41, 5.74) is 8.09. The fourth-order valence-electron chi connectivity index (χ4n) is 4.14. The molecular weight excluding hydrogens is 484 g/mol. The summed E-state index contributed by atoms with van der Waals surface area (Å²) >= 11 is 0. The van der Waals surface area contributed by atoms with Crippen LogP contribution in [-0.2, 0) is 9.47 Å². The van der Waals surface area contributed by atoms with Crippen LogP contribution in [0.3, 0.4) is 0 Å². The minimum atomic E-state index is -0.934. The van der Waals surface area contributed by atoms with E-state index < -0.39 is 23.6 Å². The van der Waals surface area contributed by atoms with Gasteiger partial charge in [-0.2, -0.15) is 0 Å². The Morgan fingerprint density at radius 3 is 2.43 bits per heavy atom. The highest BCUT2D eigenvalue weighted by Crippen LogP contribution is 2.28. The SMILES string of the molecule is CN=C(C=C(N)c1ccc(C(=O)OC)cc1)NC(=O)N[C@@H]1CN(CCOC)C[C@H]1c1ccc(F)c(F)c1. The van der Waals surface area contributed by atoms with E-state index in [9.17, 15) is 18.4 Å². The van der Waals surface area contributed by atoms with Gasteiger partial charge in [-0.3, -0.25) is 15.2 Å². The molecule has 0 saturated carbocycles. The van der Waals surface area contributed by atoms with Gasteiger partial charge in [0.15, 0.2) is 11.6 Å². The lowest BCUT2D eigenvalue weighted by atomic mass is 9.94. The number of carbonyl (C=O) groups is 2. The third-order valence-corrected chi connectivity index (χ3v) is 6.11. The number of urea groups is 1. The highest BCUT2D eigenvalue weighted by atomic mass is 19.2. The molecule has 1 heterocycles. The summed E-state index contributed by atoms with van der Waals surface area (Å²) in [6, 6.07) is 9.38. The number of ether oxygens (including phenoxy) is 2. The van der Waals surface area contributed by atoms with Gasteiger partial charge in [0.05, 0.1) is 25.3 Å². The Kier molecular flexibility index (Phi) is 9.70. The van der Waals surface area contributed by atoms with Crippen LogP contribution in [0.4, 0.5) is 13.6 Å². The molecule has 1 aliphatic heterocycles. The average Bonchev–Trinajstić information content (AvgIpc) is 3.30. The number of amidine groups is 1. The largest absolute Gasteiger partial charge is 0.465 e. The first-order valence-corrected chi connectivity index (χ1v) is 11.6. The van der Waals surface area contributed by atoms with E-state index in [1.807, 2.05) is 0 Å². The highest BCUT2D eigenvalue weighted by molar-refractivity contribution is 6.07. The Morgan fingerprint density at radius 1 is 1.11 bits per heavy atom. The number of hydrogen-bond donors (Lipinski definition) is 3. The molecular formula is C26H31F2N5O4. The smallest absolute Gasteiger partial charge is 0.337 e. The molecule has 3 rings (SSSR count). The summed E-state index contributed by atoms with van der Waals surface area (Å²) in [6.45, 7) is 2.18. The molecule has 2 aromatic rings. The van der Waals surface area contributed by atoms with E-state index >= 15 is 0 Å². The number of halogens is 2. The highest BCUT2D eigenvalue weighted by Gasteiger charge is 2.35. The van der Waals surface area contributed by atoms with Gasteiger partial charge in [-0.15, -0.1) is 0 Å². The number of nitrogens with zero attached hydrogens (tertiary/aromatic N) is 2. The molecule has 1 saturated heterocycles. The Balaban J connectivity index is 1.70. The molecule has 2 amide bonds. The normalized spacial score (nSPS) is 18.5. The van der Waals surface area contributed by atoms with E-state index in [-0.39, 0.29) is 17.8 Å². The van der Waals surface area contributed by atoms with Gasteiger partial charge in [0.2, 0.25) is 0 Å². The number of methoxy groups -OCH3 is 2. The van der Waals surface area contributed by atoms with Crippen LogP contribution in [0.2, 0.25) is 0 Å². The van der Waals surface area contributed by atoms with Crippen LogP contribution in [0.1, 0.15) is 27.4 Å². The summed E-state index contributed by atoms with van der Waals surface area (Å²) in [7, 11) is 4.41. The summed E-state index contributed by atoms with van der Waals surface area (Å²) in [4.78, 5) is 30.6. The van der Waals surface area contributed by atoms with Gasteiger partial charge in [0.1, 0.15) is 5.84 Å². The molecule has 0 bridgehead atoms. The van der Waals surface area contributed by atoms with E-state index in [0.29, 0.717) is 48.6 Å². The second kappa shape index (κ2) is 12.9. The average molecular weight is 516 g/mol. The first-order valence-electron chi connectivity index (χ1n) is 11.6. The van der Waals surface area contributed by atoms with E-state index in [1.165, 1.54) is 32.4 Å². The fourth-order valence-corrected chi connectivity index (χ4v) is 4.14. The number of nitrogens with one attached hydrogen (secondary N) is 2. The quantitative estimate of drug-likeness (QED) is 0.283. The number of benzene rings is 2. The molecule has 4 N–H and O–H groups in total. The topological polar surface area (TPSA) is 118 Å². The Bertz CT molecular complexity index is 1170. The minimum Gasteiger partial charge on any atom is -0.465 e. The van der Waals surface area contributed by atoms with E-state index in [4.69, 9.17) is 10.5 Å². The van der Waals surface area contributed by atoms with Gasteiger partial charge in [0, 0.05) is 51.5 Å². The van der Waals surface area contributed by atoms with Crippen molar-refractivity contribution >= 4 is 23.5 Å². The van der Waals surface area contributed by atoms with Crippen LogP contribution in [-0.4, -0.2) is 76.3 Å². The number of rotatable bonds is 8. The Morgan fingerprint density at radius 2 is 1.81 bits per heavy atom. The lowest BCUT2D eigenvalue weighted by molar-refractivity contribution is 0.0600. The second-order valence-electron chi connectivity index (χ2n) is 8.51. The predicted molar refractivity (Wildman–Crippen MR) is 136 cm³/mol. The first-order chi connectivity index (χ1) is 17.7. The van der Waals surface area contributed by atoms with Crippen molar-refractivity contribution in [3.8, 4) is 0 Å². The van der Waals surface area contributed by atoms with E-state index in [2.05, 4.69) is 25.3 Å². The molecule has 0 spiro atoms. The van der Waals surface area contributed by atoms with Crippen LogP contribution in [0.5, 0.6) is 0 Å².